The van der Waals surface area contributed by atoms with Gasteiger partial charge in [0.2, 0.25) is 5.91 Å². The van der Waals surface area contributed by atoms with Gasteiger partial charge in [-0.25, -0.2) is 0 Å². The number of aryl methyl sites for hydroxylation is 1. The summed E-state index contributed by atoms with van der Waals surface area (Å²) in [7, 11) is 0. The molecule has 1 aliphatic rings. The lowest BCUT2D eigenvalue weighted by atomic mass is 10.2. The molecule has 0 N–H and O–H groups in total. The number of anilines is 1. The van der Waals surface area contributed by atoms with Crippen LogP contribution in [0.5, 0.6) is 0 Å². The maximum absolute atomic E-state index is 12.8. The van der Waals surface area contributed by atoms with Gasteiger partial charge < -0.3 is 4.42 Å². The van der Waals surface area contributed by atoms with Gasteiger partial charge in [-0.05, 0) is 43.3 Å². The van der Waals surface area contributed by atoms with Gasteiger partial charge in [0.1, 0.15) is 5.76 Å². The molecule has 1 unspecified atom stereocenters. The fourth-order valence-corrected chi connectivity index (χ4v) is 3.51. The first-order valence-electron chi connectivity index (χ1n) is 7.45. The van der Waals surface area contributed by atoms with Crippen molar-refractivity contribution >= 4 is 40.1 Å². The van der Waals surface area contributed by atoms with E-state index in [0.717, 1.165) is 22.4 Å². The number of benzene rings is 1. The molecular weight excluding hydrogens is 332 g/mol. The van der Waals surface area contributed by atoms with Crippen LogP contribution in [0.25, 0.3) is 0 Å². The highest BCUT2D eigenvalue weighted by Gasteiger charge is 2.26. The highest BCUT2D eigenvalue weighted by Crippen LogP contribution is 2.27. The third-order valence-electron chi connectivity index (χ3n) is 3.48. The molecule has 6 heteroatoms. The largest absolute Gasteiger partial charge is 0.469 e. The predicted octanol–water partition coefficient (Wildman–Crippen LogP) is 4.39. The van der Waals surface area contributed by atoms with Crippen molar-refractivity contribution in [2.75, 3.05) is 10.7 Å². The molecule has 1 aliphatic heterocycles. The van der Waals surface area contributed by atoms with Crippen LogP contribution < -0.4 is 4.90 Å². The molecule has 1 aromatic carbocycles. The third kappa shape index (κ3) is 3.98. The highest BCUT2D eigenvalue weighted by molar-refractivity contribution is 8.14. The maximum atomic E-state index is 12.8. The monoisotopic (exact) mass is 348 g/mol. The summed E-state index contributed by atoms with van der Waals surface area (Å²) in [5.41, 5.74) is 0.791. The normalized spacial score (nSPS) is 17.1. The minimum Gasteiger partial charge on any atom is -0.469 e. The first-order chi connectivity index (χ1) is 11.1. The lowest BCUT2D eigenvalue weighted by Crippen LogP contribution is -2.34. The maximum Gasteiger partial charge on any atom is 0.233 e. The van der Waals surface area contributed by atoms with Gasteiger partial charge in [0.05, 0.1) is 18.0 Å². The molecule has 1 atom stereocenters. The molecule has 0 spiro atoms. The molecule has 1 aromatic heterocycles. The van der Waals surface area contributed by atoms with Crippen molar-refractivity contribution in [3.05, 3.63) is 53.4 Å². The van der Waals surface area contributed by atoms with Crippen LogP contribution in [0.4, 0.5) is 5.69 Å². The molecule has 0 aliphatic carbocycles. The Morgan fingerprint density at radius 1 is 1.39 bits per heavy atom. The fourth-order valence-electron chi connectivity index (χ4n) is 2.33. The van der Waals surface area contributed by atoms with Gasteiger partial charge >= 0.3 is 0 Å². The quantitative estimate of drug-likeness (QED) is 0.823. The molecule has 0 saturated heterocycles. The fraction of sp³-hybridized carbons (Fsp3) is 0.294. The molecule has 23 heavy (non-hydrogen) atoms. The molecule has 2 aromatic rings. The summed E-state index contributed by atoms with van der Waals surface area (Å²) in [5.74, 6) is 1.71. The van der Waals surface area contributed by atoms with Crippen molar-refractivity contribution in [2.45, 2.75) is 25.8 Å². The molecule has 2 heterocycles. The van der Waals surface area contributed by atoms with Crippen LogP contribution in [-0.4, -0.2) is 22.9 Å². The van der Waals surface area contributed by atoms with E-state index in [4.69, 9.17) is 16.0 Å². The van der Waals surface area contributed by atoms with E-state index in [9.17, 15) is 4.79 Å². The van der Waals surface area contributed by atoms with E-state index in [1.165, 1.54) is 0 Å². The van der Waals surface area contributed by atoms with Crippen LogP contribution in [-0.2, 0) is 11.2 Å². The average molecular weight is 349 g/mol. The summed E-state index contributed by atoms with van der Waals surface area (Å²) in [6.45, 7) is 2.05. The number of rotatable bonds is 4. The number of amidine groups is 1. The van der Waals surface area contributed by atoms with Gasteiger partial charge in [-0.2, -0.15) is 0 Å². The summed E-state index contributed by atoms with van der Waals surface area (Å²) in [4.78, 5) is 19.0. The summed E-state index contributed by atoms with van der Waals surface area (Å²) in [5, 5.41) is 1.40. The van der Waals surface area contributed by atoms with Crippen LogP contribution in [0, 0.1) is 0 Å². The Balaban J connectivity index is 1.81. The van der Waals surface area contributed by atoms with Gasteiger partial charge in [-0.1, -0.05) is 23.4 Å². The predicted molar refractivity (Wildman–Crippen MR) is 95.3 cm³/mol. The first kappa shape index (κ1) is 16.1. The van der Waals surface area contributed by atoms with E-state index in [1.807, 2.05) is 31.2 Å². The average Bonchev–Trinajstić information content (AvgIpc) is 3.19. The van der Waals surface area contributed by atoms with Gasteiger partial charge in [-0.15, -0.1) is 0 Å². The van der Waals surface area contributed by atoms with Gasteiger partial charge in [-0.3, -0.25) is 14.7 Å². The minimum atomic E-state index is 0.00377. The third-order valence-corrected chi connectivity index (χ3v) is 4.92. The van der Waals surface area contributed by atoms with Gasteiger partial charge in [0.15, 0.2) is 5.17 Å². The SMILES string of the molecule is CC1CSC(N(C(=O)CCc2ccco2)c2ccc(Cl)cc2)=N1. The zero-order valence-corrected chi connectivity index (χ0v) is 14.3. The first-order valence-corrected chi connectivity index (χ1v) is 8.81. The minimum absolute atomic E-state index is 0.00377. The lowest BCUT2D eigenvalue weighted by molar-refractivity contribution is -0.117. The van der Waals surface area contributed by atoms with Crippen LogP contribution in [0.2, 0.25) is 5.02 Å². The Morgan fingerprint density at radius 2 is 2.17 bits per heavy atom. The Kier molecular flexibility index (Phi) is 5.08. The van der Waals surface area contributed by atoms with E-state index in [1.54, 1.807) is 35.1 Å². The molecule has 0 fully saturated rings. The van der Waals surface area contributed by atoms with Gasteiger partial charge in [0.25, 0.3) is 0 Å². The molecule has 3 rings (SSSR count). The molecular formula is C17H17ClN2O2S. The Morgan fingerprint density at radius 3 is 2.78 bits per heavy atom. The summed E-state index contributed by atoms with van der Waals surface area (Å²) in [6, 6.07) is 11.2. The molecule has 4 nitrogen and oxygen atoms in total. The second kappa shape index (κ2) is 7.23. The van der Waals surface area contributed by atoms with Crippen LogP contribution in [0.15, 0.2) is 52.1 Å². The zero-order chi connectivity index (χ0) is 16.2. The molecule has 0 radical (unpaired) electrons. The number of hydrogen-bond donors (Lipinski definition) is 0. The van der Waals surface area contributed by atoms with Crippen molar-refractivity contribution in [3.8, 4) is 0 Å². The molecule has 0 saturated carbocycles. The summed E-state index contributed by atoms with van der Waals surface area (Å²) >= 11 is 7.56. The van der Waals surface area contributed by atoms with Crippen molar-refractivity contribution in [1.29, 1.82) is 0 Å². The zero-order valence-electron chi connectivity index (χ0n) is 12.7. The molecule has 0 bridgehead atoms. The van der Waals surface area contributed by atoms with E-state index >= 15 is 0 Å². The number of carbonyl (C=O) groups is 1. The van der Waals surface area contributed by atoms with Crippen molar-refractivity contribution in [3.63, 3.8) is 0 Å². The molecule has 120 valence electrons. The smallest absolute Gasteiger partial charge is 0.233 e. The number of halogens is 1. The lowest BCUT2D eigenvalue weighted by Gasteiger charge is -2.22. The van der Waals surface area contributed by atoms with Crippen molar-refractivity contribution < 1.29 is 9.21 Å². The van der Waals surface area contributed by atoms with E-state index in [2.05, 4.69) is 4.99 Å². The number of furan rings is 1. The Labute approximate surface area is 144 Å². The number of carbonyl (C=O) groups excluding carboxylic acids is 1. The van der Waals surface area contributed by atoms with E-state index in [-0.39, 0.29) is 11.9 Å². The second-order valence-corrected chi connectivity index (χ2v) is 6.78. The Bertz CT molecular complexity index is 698. The van der Waals surface area contributed by atoms with E-state index in [0.29, 0.717) is 17.9 Å². The summed E-state index contributed by atoms with van der Waals surface area (Å²) < 4.78 is 5.30. The number of hydrogen-bond acceptors (Lipinski definition) is 4. The highest BCUT2D eigenvalue weighted by atomic mass is 35.5. The van der Waals surface area contributed by atoms with Crippen LogP contribution in [0.3, 0.4) is 0 Å². The van der Waals surface area contributed by atoms with Crippen LogP contribution in [0.1, 0.15) is 19.1 Å². The number of nitrogens with zero attached hydrogens (tertiary/aromatic N) is 2. The number of aliphatic imine (C=N–C) groups is 1. The second-order valence-electron chi connectivity index (χ2n) is 5.36. The number of amides is 1. The van der Waals surface area contributed by atoms with E-state index < -0.39 is 0 Å². The topological polar surface area (TPSA) is 45.8 Å². The van der Waals surface area contributed by atoms with Crippen molar-refractivity contribution in [1.82, 2.24) is 0 Å². The Hall–Kier alpha value is -1.72. The van der Waals surface area contributed by atoms with Crippen LogP contribution >= 0.6 is 23.4 Å². The summed E-state index contributed by atoms with van der Waals surface area (Å²) in [6.07, 6.45) is 2.56. The molecule has 1 amide bonds. The van der Waals surface area contributed by atoms with Gasteiger partial charge in [0, 0.05) is 23.6 Å². The standard InChI is InChI=1S/C17H17ClN2O2S/c1-12-11-23-17(19-12)20(14-6-4-13(18)5-7-14)16(21)9-8-15-3-2-10-22-15/h2-7,10,12H,8-9,11H2,1H3. The van der Waals surface area contributed by atoms with Crippen molar-refractivity contribution in [2.24, 2.45) is 4.99 Å². The number of thioether (sulfide) groups is 1.